The minimum absolute atomic E-state index is 0.00799. The van der Waals surface area contributed by atoms with Crippen molar-refractivity contribution in [3.8, 4) is 0 Å². The number of carbonyl (C=O) groups excluding carboxylic acids is 2. The van der Waals surface area contributed by atoms with Crippen LogP contribution >= 0.6 is 0 Å². The van der Waals surface area contributed by atoms with E-state index in [4.69, 9.17) is 0 Å². The molecule has 1 N–H and O–H groups in total. The first-order valence-electron chi connectivity index (χ1n) is 12.5. The summed E-state index contributed by atoms with van der Waals surface area (Å²) in [5.74, 6) is 0.356. The maximum Gasteiger partial charge on any atom is 0.242 e. The highest BCUT2D eigenvalue weighted by Crippen LogP contribution is 2.19. The number of rotatable bonds is 12. The van der Waals surface area contributed by atoms with Gasteiger partial charge < -0.3 is 14.8 Å². The van der Waals surface area contributed by atoms with Crippen LogP contribution in [0.1, 0.15) is 56.7 Å². The average molecular weight is 462 g/mol. The van der Waals surface area contributed by atoms with Gasteiger partial charge in [-0.05, 0) is 42.9 Å². The van der Waals surface area contributed by atoms with Crippen molar-refractivity contribution in [3.63, 3.8) is 0 Å². The van der Waals surface area contributed by atoms with Crippen LogP contribution in [0.4, 0.5) is 0 Å². The quantitative estimate of drug-likeness (QED) is 0.375. The topological polar surface area (TPSA) is 56.4 Å². The van der Waals surface area contributed by atoms with Crippen LogP contribution in [0.2, 0.25) is 0 Å². The van der Waals surface area contributed by atoms with E-state index in [0.29, 0.717) is 26.1 Å². The minimum Gasteiger partial charge on any atom is -0.361 e. The Labute approximate surface area is 204 Å². The van der Waals surface area contributed by atoms with Crippen LogP contribution in [0, 0.1) is 12.8 Å². The van der Waals surface area contributed by atoms with E-state index in [1.807, 2.05) is 37.1 Å². The summed E-state index contributed by atoms with van der Waals surface area (Å²) in [5, 5.41) is 1.20. The monoisotopic (exact) mass is 461 g/mol. The molecule has 0 fully saturated rings. The minimum atomic E-state index is 0.00799. The number of hydrogen-bond acceptors (Lipinski definition) is 2. The zero-order chi connectivity index (χ0) is 24.5. The van der Waals surface area contributed by atoms with Gasteiger partial charge in [0.25, 0.3) is 0 Å². The fraction of sp³-hybridized carbons (Fsp3) is 0.448. The molecule has 3 aromatic rings. The molecule has 3 rings (SSSR count). The molecule has 0 atom stereocenters. The second-order valence-electron chi connectivity index (χ2n) is 9.68. The fourth-order valence-corrected chi connectivity index (χ4v) is 4.18. The Bertz CT molecular complexity index is 1070. The van der Waals surface area contributed by atoms with Crippen molar-refractivity contribution in [2.75, 3.05) is 19.6 Å². The summed E-state index contributed by atoms with van der Waals surface area (Å²) in [4.78, 5) is 33.4. The van der Waals surface area contributed by atoms with Crippen LogP contribution in [0.25, 0.3) is 10.9 Å². The Morgan fingerprint density at radius 3 is 2.38 bits per heavy atom. The molecule has 0 aliphatic carbocycles. The van der Waals surface area contributed by atoms with Crippen molar-refractivity contribution in [1.82, 2.24) is 14.8 Å². The Balaban J connectivity index is 1.76. The summed E-state index contributed by atoms with van der Waals surface area (Å²) in [5.41, 5.74) is 4.62. The lowest BCUT2D eigenvalue weighted by Gasteiger charge is -2.28. The molecule has 5 nitrogen and oxygen atoms in total. The summed E-state index contributed by atoms with van der Waals surface area (Å²) in [6, 6.07) is 16.6. The Morgan fingerprint density at radius 2 is 1.68 bits per heavy atom. The van der Waals surface area contributed by atoms with Crippen molar-refractivity contribution in [2.45, 2.75) is 59.9 Å². The van der Waals surface area contributed by atoms with E-state index in [0.717, 1.165) is 30.3 Å². The van der Waals surface area contributed by atoms with Crippen LogP contribution < -0.4 is 0 Å². The number of carbonyl (C=O) groups is 2. The number of aromatic amines is 1. The van der Waals surface area contributed by atoms with Gasteiger partial charge in [0.05, 0.1) is 6.54 Å². The highest BCUT2D eigenvalue weighted by molar-refractivity contribution is 5.85. The molecule has 0 aliphatic rings. The summed E-state index contributed by atoms with van der Waals surface area (Å²) in [6.07, 6.45) is 5.18. The number of amides is 2. The number of fused-ring (bicyclic) bond motifs is 1. The number of H-pyrrole nitrogens is 1. The second kappa shape index (κ2) is 12.4. The number of nitrogens with zero attached hydrogens (tertiary/aromatic N) is 2. The summed E-state index contributed by atoms with van der Waals surface area (Å²) >= 11 is 0. The maximum atomic E-state index is 13.5. The van der Waals surface area contributed by atoms with Gasteiger partial charge >= 0.3 is 0 Å². The Hall–Kier alpha value is -3.08. The second-order valence-corrected chi connectivity index (χ2v) is 9.68. The van der Waals surface area contributed by atoms with Crippen LogP contribution in [-0.2, 0) is 22.6 Å². The zero-order valence-electron chi connectivity index (χ0n) is 21.1. The van der Waals surface area contributed by atoms with Gasteiger partial charge in [0.2, 0.25) is 11.8 Å². The highest BCUT2D eigenvalue weighted by Gasteiger charge is 2.22. The van der Waals surface area contributed by atoms with Crippen molar-refractivity contribution in [2.24, 2.45) is 5.92 Å². The third-order valence-electron chi connectivity index (χ3n) is 6.22. The van der Waals surface area contributed by atoms with E-state index in [-0.39, 0.29) is 24.3 Å². The third kappa shape index (κ3) is 7.21. The van der Waals surface area contributed by atoms with Crippen LogP contribution in [0.5, 0.6) is 0 Å². The van der Waals surface area contributed by atoms with E-state index in [1.165, 1.54) is 16.5 Å². The first kappa shape index (κ1) is 25.5. The lowest BCUT2D eigenvalue weighted by Crippen LogP contribution is -2.44. The zero-order valence-corrected chi connectivity index (χ0v) is 21.1. The Kier molecular flexibility index (Phi) is 9.32. The molecular formula is C29H39N3O2. The number of benzene rings is 2. The van der Waals surface area contributed by atoms with Crippen LogP contribution in [0.3, 0.4) is 0 Å². The lowest BCUT2D eigenvalue weighted by molar-refractivity contribution is -0.141. The largest absolute Gasteiger partial charge is 0.361 e. The van der Waals surface area contributed by atoms with Crippen molar-refractivity contribution in [1.29, 1.82) is 0 Å². The predicted molar refractivity (Wildman–Crippen MR) is 140 cm³/mol. The predicted octanol–water partition coefficient (Wildman–Crippen LogP) is 5.72. The lowest BCUT2D eigenvalue weighted by atomic mass is 10.1. The molecule has 1 heterocycles. The van der Waals surface area contributed by atoms with Gasteiger partial charge in [0, 0.05) is 43.2 Å². The number of aryl methyl sites for hydroxylation is 1. The van der Waals surface area contributed by atoms with E-state index >= 15 is 0 Å². The van der Waals surface area contributed by atoms with Crippen LogP contribution in [0.15, 0.2) is 54.7 Å². The molecule has 0 saturated carbocycles. The molecule has 182 valence electrons. The molecule has 0 radical (unpaired) electrons. The average Bonchev–Trinajstić information content (AvgIpc) is 3.23. The van der Waals surface area contributed by atoms with E-state index in [1.54, 1.807) is 4.90 Å². The smallest absolute Gasteiger partial charge is 0.242 e. The van der Waals surface area contributed by atoms with Crippen LogP contribution in [-0.4, -0.2) is 46.2 Å². The Morgan fingerprint density at radius 1 is 0.941 bits per heavy atom. The number of aromatic nitrogens is 1. The molecule has 1 aromatic heterocycles. The van der Waals surface area contributed by atoms with E-state index in [9.17, 15) is 9.59 Å². The highest BCUT2D eigenvalue weighted by atomic mass is 16.2. The molecular weight excluding hydrogens is 422 g/mol. The number of unbranched alkanes of at least 4 members (excludes halogenated alkanes) is 1. The first-order valence-corrected chi connectivity index (χ1v) is 12.5. The fourth-order valence-electron chi connectivity index (χ4n) is 4.18. The van der Waals surface area contributed by atoms with Gasteiger partial charge in [0.1, 0.15) is 0 Å². The molecule has 0 bridgehead atoms. The number of para-hydroxylation sites is 1. The number of hydrogen-bond donors (Lipinski definition) is 1. The molecule has 0 unspecified atom stereocenters. The van der Waals surface area contributed by atoms with Gasteiger partial charge in [-0.2, -0.15) is 0 Å². The van der Waals surface area contributed by atoms with Crippen molar-refractivity contribution >= 4 is 22.7 Å². The molecule has 2 aromatic carbocycles. The van der Waals surface area contributed by atoms with Crippen molar-refractivity contribution in [3.05, 3.63) is 71.4 Å². The van der Waals surface area contributed by atoms with Gasteiger partial charge in [-0.15, -0.1) is 0 Å². The molecule has 34 heavy (non-hydrogen) atoms. The number of nitrogens with one attached hydrogen (secondary N) is 1. The normalized spacial score (nSPS) is 11.2. The van der Waals surface area contributed by atoms with Gasteiger partial charge in [-0.25, -0.2) is 0 Å². The summed E-state index contributed by atoms with van der Waals surface area (Å²) in [6.45, 7) is 10.2. The molecule has 0 spiro atoms. The SMILES string of the molecule is CCCCN(CC(=O)N(CCc1c[nH]c2ccccc12)Cc1ccc(C)cc1)C(=O)CC(C)C. The van der Waals surface area contributed by atoms with Gasteiger partial charge in [-0.1, -0.05) is 75.2 Å². The van der Waals surface area contributed by atoms with Crippen molar-refractivity contribution < 1.29 is 9.59 Å². The summed E-state index contributed by atoms with van der Waals surface area (Å²) < 4.78 is 0. The molecule has 0 saturated heterocycles. The third-order valence-corrected chi connectivity index (χ3v) is 6.22. The molecule has 0 aliphatic heterocycles. The van der Waals surface area contributed by atoms with E-state index in [2.05, 4.69) is 55.2 Å². The first-order chi connectivity index (χ1) is 16.4. The molecule has 5 heteroatoms. The maximum absolute atomic E-state index is 13.5. The standard InChI is InChI=1S/C29H39N3O2/c1-5-6-16-31(28(33)18-22(2)3)21-29(34)32(20-24-13-11-23(4)12-14-24)17-15-25-19-30-27-10-8-7-9-26(25)27/h7-14,19,22,30H,5-6,15-18,20-21H2,1-4H3. The van der Waals surface area contributed by atoms with E-state index < -0.39 is 0 Å². The summed E-state index contributed by atoms with van der Waals surface area (Å²) in [7, 11) is 0. The van der Waals surface area contributed by atoms with Gasteiger partial charge in [-0.3, -0.25) is 9.59 Å². The molecule has 2 amide bonds. The van der Waals surface area contributed by atoms with Gasteiger partial charge in [0.15, 0.2) is 0 Å².